The van der Waals surface area contributed by atoms with Crippen LogP contribution in [-0.4, -0.2) is 14.5 Å². The lowest BCUT2D eigenvalue weighted by Crippen LogP contribution is -2.00. The molecule has 0 aliphatic rings. The summed E-state index contributed by atoms with van der Waals surface area (Å²) < 4.78 is 7.15. The van der Waals surface area contributed by atoms with Crippen LogP contribution in [0.25, 0.3) is 89.6 Å². The summed E-state index contributed by atoms with van der Waals surface area (Å²) in [5.41, 5.74) is 3.18. The highest BCUT2D eigenvalue weighted by Crippen LogP contribution is 2.50. The van der Waals surface area contributed by atoms with Gasteiger partial charge < -0.3 is 0 Å². The van der Waals surface area contributed by atoms with Gasteiger partial charge in [-0.15, -0.1) is 22.7 Å². The minimum absolute atomic E-state index is 0.254. The third kappa shape index (κ3) is 2.90. The Labute approximate surface area is 251 Å². The molecular weight excluding hydrogens is 574 g/mol. The molecular formula is C36H18ClN3S2. The van der Waals surface area contributed by atoms with Crippen LogP contribution in [0.2, 0.25) is 5.28 Å². The summed E-state index contributed by atoms with van der Waals surface area (Å²) in [5.74, 6) is 0.827. The summed E-state index contributed by atoms with van der Waals surface area (Å²) in [4.78, 5) is 9.75. The molecule has 0 saturated carbocycles. The Morgan fingerprint density at radius 1 is 0.524 bits per heavy atom. The predicted octanol–water partition coefficient (Wildman–Crippen LogP) is 11.3. The second-order valence-electron chi connectivity index (χ2n) is 10.7. The minimum atomic E-state index is 0.254. The average molecular weight is 592 g/mol. The summed E-state index contributed by atoms with van der Waals surface area (Å²) >= 11 is 10.3. The molecule has 196 valence electrons. The quantitative estimate of drug-likeness (QED) is 0.178. The molecule has 10 aromatic rings. The molecule has 0 fully saturated rings. The Balaban J connectivity index is 1.58. The lowest BCUT2D eigenvalue weighted by molar-refractivity contribution is 1.08. The minimum Gasteiger partial charge on any atom is -0.292 e. The Kier molecular flexibility index (Phi) is 4.54. The van der Waals surface area contributed by atoms with Gasteiger partial charge in [-0.25, -0.2) is 4.98 Å². The molecule has 0 amide bonds. The highest BCUT2D eigenvalue weighted by Gasteiger charge is 2.25. The number of benzene rings is 6. The van der Waals surface area contributed by atoms with Gasteiger partial charge in [0.15, 0.2) is 5.82 Å². The molecule has 0 saturated heterocycles. The SMILES string of the molecule is Clc1nc(-n2c3ccc4ccccc4c3c3c4ccccc4c4sc5ccccc5c4c32)c2sc3ccccc3c2n1. The van der Waals surface area contributed by atoms with E-state index in [0.29, 0.717) is 0 Å². The zero-order valence-corrected chi connectivity index (χ0v) is 24.3. The fourth-order valence-electron chi connectivity index (χ4n) is 6.85. The average Bonchev–Trinajstić information content (AvgIpc) is 3.71. The van der Waals surface area contributed by atoms with Crippen LogP contribution in [0.1, 0.15) is 0 Å². The van der Waals surface area contributed by atoms with Gasteiger partial charge >= 0.3 is 0 Å². The highest BCUT2D eigenvalue weighted by atomic mass is 35.5. The van der Waals surface area contributed by atoms with Gasteiger partial charge in [0.1, 0.15) is 0 Å². The fourth-order valence-corrected chi connectivity index (χ4v) is 9.38. The van der Waals surface area contributed by atoms with Gasteiger partial charge in [0.25, 0.3) is 0 Å². The number of halogens is 1. The number of thiophene rings is 2. The van der Waals surface area contributed by atoms with E-state index in [1.165, 1.54) is 62.7 Å². The van der Waals surface area contributed by atoms with Crippen molar-refractivity contribution in [3.63, 3.8) is 0 Å². The van der Waals surface area contributed by atoms with Crippen molar-refractivity contribution in [2.75, 3.05) is 0 Å². The summed E-state index contributed by atoms with van der Waals surface area (Å²) in [7, 11) is 0. The number of hydrogen-bond donors (Lipinski definition) is 0. The second kappa shape index (κ2) is 8.26. The van der Waals surface area contributed by atoms with E-state index in [2.05, 4.69) is 114 Å². The molecule has 6 aromatic carbocycles. The maximum atomic E-state index is 6.75. The summed E-state index contributed by atoms with van der Waals surface area (Å²) in [6.45, 7) is 0. The van der Waals surface area contributed by atoms with Crippen LogP contribution in [0.4, 0.5) is 0 Å². The van der Waals surface area contributed by atoms with Crippen LogP contribution in [0.3, 0.4) is 0 Å². The molecule has 4 aromatic heterocycles. The molecule has 0 bridgehead atoms. The standard InChI is InChI=1S/C36H18ClN3S2/c37-36-38-31-24-14-6-8-16-27(24)42-34(31)35(39-36)40-25-18-17-19-9-1-2-10-20(19)28(25)29-21-11-3-4-12-22(21)33-30(32(29)40)23-13-5-7-15-26(23)41-33/h1-18H. The van der Waals surface area contributed by atoms with E-state index in [1.807, 2.05) is 11.3 Å². The van der Waals surface area contributed by atoms with Gasteiger partial charge in [-0.05, 0) is 46.0 Å². The van der Waals surface area contributed by atoms with E-state index >= 15 is 0 Å². The van der Waals surface area contributed by atoms with Gasteiger partial charge in [0.05, 0.1) is 21.3 Å². The van der Waals surface area contributed by atoms with Crippen LogP contribution in [-0.2, 0) is 0 Å². The zero-order chi connectivity index (χ0) is 27.5. The van der Waals surface area contributed by atoms with Crippen molar-refractivity contribution in [2.45, 2.75) is 0 Å². The van der Waals surface area contributed by atoms with Crippen LogP contribution < -0.4 is 0 Å². The van der Waals surface area contributed by atoms with E-state index in [9.17, 15) is 0 Å². The zero-order valence-electron chi connectivity index (χ0n) is 21.9. The van der Waals surface area contributed by atoms with Crippen molar-refractivity contribution in [3.8, 4) is 5.82 Å². The van der Waals surface area contributed by atoms with Gasteiger partial charge in [-0.3, -0.25) is 4.57 Å². The number of rotatable bonds is 1. The van der Waals surface area contributed by atoms with Crippen LogP contribution in [0.15, 0.2) is 109 Å². The number of aromatic nitrogens is 3. The van der Waals surface area contributed by atoms with Crippen molar-refractivity contribution < 1.29 is 0 Å². The van der Waals surface area contributed by atoms with Crippen LogP contribution in [0.5, 0.6) is 0 Å². The fraction of sp³-hybridized carbons (Fsp3) is 0. The molecule has 6 heteroatoms. The Bertz CT molecular complexity index is 2770. The molecule has 3 nitrogen and oxygen atoms in total. The van der Waals surface area contributed by atoms with E-state index in [1.54, 1.807) is 11.3 Å². The van der Waals surface area contributed by atoms with E-state index < -0.39 is 0 Å². The molecule has 0 aliphatic carbocycles. The second-order valence-corrected chi connectivity index (χ2v) is 13.1. The number of hydrogen-bond acceptors (Lipinski definition) is 4. The molecule has 0 spiro atoms. The summed E-state index contributed by atoms with van der Waals surface area (Å²) in [6, 6.07) is 39.2. The molecule has 0 atom stereocenters. The molecule has 42 heavy (non-hydrogen) atoms. The number of fused-ring (bicyclic) bond motifs is 15. The third-order valence-electron chi connectivity index (χ3n) is 8.52. The number of nitrogens with zero attached hydrogens (tertiary/aromatic N) is 3. The molecule has 0 radical (unpaired) electrons. The van der Waals surface area contributed by atoms with Gasteiger partial charge in [0.2, 0.25) is 5.28 Å². The first-order chi connectivity index (χ1) is 20.8. The van der Waals surface area contributed by atoms with Crippen molar-refractivity contribution in [3.05, 3.63) is 114 Å². The normalized spacial score (nSPS) is 12.4. The Morgan fingerprint density at radius 3 is 2.00 bits per heavy atom. The van der Waals surface area contributed by atoms with E-state index in [-0.39, 0.29) is 5.28 Å². The van der Waals surface area contributed by atoms with Gasteiger partial charge in [-0.1, -0.05) is 91.0 Å². The van der Waals surface area contributed by atoms with Crippen LogP contribution >= 0.6 is 34.3 Å². The third-order valence-corrected chi connectivity index (χ3v) is 11.0. The Morgan fingerprint density at radius 2 is 1.17 bits per heavy atom. The van der Waals surface area contributed by atoms with Crippen molar-refractivity contribution >= 4 is 118 Å². The largest absolute Gasteiger partial charge is 0.292 e. The van der Waals surface area contributed by atoms with Gasteiger partial charge in [0, 0.05) is 46.4 Å². The maximum Gasteiger partial charge on any atom is 0.225 e. The summed E-state index contributed by atoms with van der Waals surface area (Å²) in [5, 5.41) is 11.3. The van der Waals surface area contributed by atoms with Crippen LogP contribution in [0, 0.1) is 0 Å². The smallest absolute Gasteiger partial charge is 0.225 e. The first-order valence-corrected chi connectivity index (χ1v) is 15.8. The van der Waals surface area contributed by atoms with Gasteiger partial charge in [-0.2, -0.15) is 4.98 Å². The Hall–Kier alpha value is -4.55. The van der Waals surface area contributed by atoms with Crippen molar-refractivity contribution in [2.24, 2.45) is 0 Å². The predicted molar refractivity (Wildman–Crippen MR) is 182 cm³/mol. The first-order valence-electron chi connectivity index (χ1n) is 13.8. The highest BCUT2D eigenvalue weighted by molar-refractivity contribution is 7.27. The molecule has 0 N–H and O–H groups in total. The monoisotopic (exact) mass is 591 g/mol. The lowest BCUT2D eigenvalue weighted by atomic mass is 9.97. The molecule has 10 rings (SSSR count). The van der Waals surface area contributed by atoms with Crippen molar-refractivity contribution in [1.82, 2.24) is 14.5 Å². The molecule has 0 unspecified atom stereocenters. The lowest BCUT2D eigenvalue weighted by Gasteiger charge is -2.11. The summed E-state index contributed by atoms with van der Waals surface area (Å²) in [6.07, 6.45) is 0. The molecule has 4 heterocycles. The van der Waals surface area contributed by atoms with E-state index in [0.717, 1.165) is 26.9 Å². The van der Waals surface area contributed by atoms with Crippen molar-refractivity contribution in [1.29, 1.82) is 0 Å². The topological polar surface area (TPSA) is 30.7 Å². The maximum absolute atomic E-state index is 6.75. The first kappa shape index (κ1) is 23.1. The van der Waals surface area contributed by atoms with E-state index in [4.69, 9.17) is 21.6 Å². The molecule has 0 aliphatic heterocycles.